The minimum Gasteiger partial charge on any atom is -0.456 e. The lowest BCUT2D eigenvalue weighted by Gasteiger charge is -2.35. The van der Waals surface area contributed by atoms with Crippen molar-refractivity contribution in [3.8, 4) is 44.9 Å². The lowest BCUT2D eigenvalue weighted by atomic mass is 9.74. The molecule has 0 fully saturated rings. The van der Waals surface area contributed by atoms with Crippen LogP contribution in [0.1, 0.15) is 71.8 Å². The number of ether oxygens (including phenoxy) is 1. The van der Waals surface area contributed by atoms with Gasteiger partial charge in [-0.25, -0.2) is 0 Å². The number of thiophene rings is 2. The molecule has 1 aliphatic heterocycles. The number of aryl methyl sites for hydroxylation is 2. The Labute approximate surface area is 315 Å². The third-order valence-electron chi connectivity index (χ3n) is 9.20. The fraction of sp³-hybridized carbons (Fsp3) is 0.156. The van der Waals surface area contributed by atoms with Crippen LogP contribution in [0.5, 0.6) is 11.5 Å². The zero-order valence-electron chi connectivity index (χ0n) is 43.1. The average molecular weight is 675 g/mol. The van der Waals surface area contributed by atoms with Crippen molar-refractivity contribution >= 4 is 52.2 Å². The van der Waals surface area contributed by atoms with Crippen molar-refractivity contribution in [1.29, 1.82) is 0 Å². The lowest BCUT2D eigenvalue weighted by Crippen LogP contribution is -2.24. The third-order valence-corrected chi connectivity index (χ3v) is 11.7. The van der Waals surface area contributed by atoms with Gasteiger partial charge < -0.3 is 4.74 Å². The van der Waals surface area contributed by atoms with Gasteiger partial charge in [-0.2, -0.15) is 0 Å². The smallest absolute Gasteiger partial charge is 0.139 e. The Bertz CT molecular complexity index is 3250. The van der Waals surface area contributed by atoms with E-state index in [1.807, 2.05) is 30.3 Å². The molecule has 0 unspecified atom stereocenters. The average Bonchev–Trinajstić information content (AvgIpc) is 3.75. The molecule has 0 bridgehead atoms. The standard InChI is InChI=1S/C45H36OS2/c1-25-21-23-29(27(3)39(25)32-14-12-18-36-42(32)46-37-19-9-8-17-35(37)45(36,5)6)30-24-22-26(2)40(28(30)4)33-15-11-16-34-41-31-13-7-10-20-38(31)47-44(41)48-43(33)34/h7-24H,1-6H3/i1D3,2D3,3D3,4D3,5D3,6D3. The summed E-state index contributed by atoms with van der Waals surface area (Å²) in [6.07, 6.45) is 0. The molecule has 3 heterocycles. The zero-order chi connectivity index (χ0) is 47.9. The first-order chi connectivity index (χ1) is 30.6. The predicted molar refractivity (Wildman–Crippen MR) is 209 cm³/mol. The fourth-order valence-corrected chi connectivity index (χ4v) is 9.66. The van der Waals surface area contributed by atoms with Gasteiger partial charge >= 0.3 is 0 Å². The van der Waals surface area contributed by atoms with Gasteiger partial charge in [-0.15, -0.1) is 22.7 Å². The number of hydrogen-bond donors (Lipinski definition) is 0. The summed E-state index contributed by atoms with van der Waals surface area (Å²) in [5.41, 5.74) is -6.46. The van der Waals surface area contributed by atoms with Gasteiger partial charge in [0.2, 0.25) is 0 Å². The van der Waals surface area contributed by atoms with Crippen molar-refractivity contribution in [2.45, 2.75) is 46.5 Å². The van der Waals surface area contributed by atoms with Crippen LogP contribution in [0.2, 0.25) is 0 Å². The van der Waals surface area contributed by atoms with Gasteiger partial charge in [0.05, 0.1) is 4.01 Å². The molecule has 9 rings (SSSR count). The maximum absolute atomic E-state index is 9.09. The van der Waals surface area contributed by atoms with Gasteiger partial charge in [0.25, 0.3) is 0 Å². The van der Waals surface area contributed by atoms with E-state index in [-0.39, 0.29) is 50.3 Å². The number of benzene rings is 6. The Hall–Kier alpha value is -4.70. The molecule has 48 heavy (non-hydrogen) atoms. The Kier molecular flexibility index (Phi) is 3.58. The highest BCUT2D eigenvalue weighted by Crippen LogP contribution is 2.53. The molecule has 0 saturated carbocycles. The fourth-order valence-electron chi connectivity index (χ4n) is 6.96. The second-order valence-electron chi connectivity index (χ2n) is 11.9. The van der Waals surface area contributed by atoms with Gasteiger partial charge in [-0.1, -0.05) is 111 Å². The van der Waals surface area contributed by atoms with Gasteiger partial charge in [0.1, 0.15) is 11.5 Å². The predicted octanol–water partition coefficient (Wildman–Crippen LogP) is 13.9. The van der Waals surface area contributed by atoms with Crippen molar-refractivity contribution in [2.75, 3.05) is 0 Å². The van der Waals surface area contributed by atoms with Gasteiger partial charge in [-0.05, 0) is 84.0 Å². The molecule has 0 spiro atoms. The monoisotopic (exact) mass is 674 g/mol. The molecule has 0 radical (unpaired) electrons. The Morgan fingerprint density at radius 3 is 2.00 bits per heavy atom. The number of para-hydroxylation sites is 2. The summed E-state index contributed by atoms with van der Waals surface area (Å²) in [5.74, 6) is -0.583. The van der Waals surface area contributed by atoms with Crippen molar-refractivity contribution < 1.29 is 29.4 Å². The maximum atomic E-state index is 9.09. The molecule has 0 aliphatic carbocycles. The number of rotatable bonds is 3. The summed E-state index contributed by atoms with van der Waals surface area (Å²) in [5, 5.41) is 2.65. The van der Waals surface area contributed by atoms with Crippen LogP contribution >= 0.6 is 22.7 Å². The van der Waals surface area contributed by atoms with Crippen molar-refractivity contribution in [1.82, 2.24) is 0 Å². The summed E-state index contributed by atoms with van der Waals surface area (Å²) >= 11 is 2.92. The number of hydrogen-bond acceptors (Lipinski definition) is 3. The molecule has 0 atom stereocenters. The first kappa shape index (κ1) is 16.1. The van der Waals surface area contributed by atoms with Gasteiger partial charge in [0.15, 0.2) is 0 Å². The molecule has 0 amide bonds. The molecular formula is C45H36OS2. The Morgan fingerprint density at radius 2 is 1.23 bits per heavy atom. The van der Waals surface area contributed by atoms with Crippen LogP contribution in [0.4, 0.5) is 0 Å². The molecule has 2 aromatic heterocycles. The summed E-state index contributed by atoms with van der Waals surface area (Å²) in [7, 11) is 0. The molecule has 0 saturated heterocycles. The van der Waals surface area contributed by atoms with Crippen LogP contribution in [-0.2, 0) is 5.41 Å². The highest BCUT2D eigenvalue weighted by Gasteiger charge is 2.35. The summed E-state index contributed by atoms with van der Waals surface area (Å²) in [6.45, 7) is -18.9. The quantitative estimate of drug-likeness (QED) is 0.181. The molecular weight excluding hydrogens is 621 g/mol. The largest absolute Gasteiger partial charge is 0.456 e. The zero-order valence-corrected chi connectivity index (χ0v) is 26.8. The highest BCUT2D eigenvalue weighted by molar-refractivity contribution is 7.44. The minimum atomic E-state index is -3.28. The van der Waals surface area contributed by atoms with E-state index in [0.29, 0.717) is 4.70 Å². The van der Waals surface area contributed by atoms with Gasteiger partial charge in [-0.3, -0.25) is 0 Å². The second-order valence-corrected chi connectivity index (χ2v) is 14.2. The van der Waals surface area contributed by atoms with Crippen molar-refractivity contribution in [3.05, 3.63) is 143 Å². The van der Waals surface area contributed by atoms with E-state index in [1.165, 1.54) is 72.0 Å². The SMILES string of the molecule is [2H]C([2H])([2H])c1ccc(-c2ccc(C([2H])([2H])[2H])c(-c3cccc4c3sc3sc5ccccc5c34)c2C([2H])([2H])[2H])c(C([2H])([2H])[2H])c1-c1cccc2c1Oc1ccccc1C2(C([2H])([2H])[2H])C([2H])([2H])[2H]. The van der Waals surface area contributed by atoms with Gasteiger partial charge in [0, 0.05) is 77.9 Å². The van der Waals surface area contributed by atoms with E-state index in [0.717, 1.165) is 30.9 Å². The molecule has 234 valence electrons. The van der Waals surface area contributed by atoms with Crippen LogP contribution in [-0.4, -0.2) is 0 Å². The van der Waals surface area contributed by atoms with E-state index in [2.05, 4.69) is 0 Å². The van der Waals surface area contributed by atoms with E-state index in [1.54, 1.807) is 23.5 Å². The van der Waals surface area contributed by atoms with Crippen molar-refractivity contribution in [2.24, 2.45) is 0 Å². The normalized spacial score (nSPS) is 20.7. The molecule has 0 N–H and O–H groups in total. The van der Waals surface area contributed by atoms with Crippen LogP contribution in [0.15, 0.2) is 109 Å². The summed E-state index contributed by atoms with van der Waals surface area (Å²) < 4.78 is 168. The topological polar surface area (TPSA) is 9.23 Å². The third kappa shape index (κ3) is 4.14. The summed E-state index contributed by atoms with van der Waals surface area (Å²) in [4.78, 5) is 0. The molecule has 6 aromatic carbocycles. The highest BCUT2D eigenvalue weighted by atomic mass is 32.2. The van der Waals surface area contributed by atoms with Crippen LogP contribution in [0.25, 0.3) is 63.0 Å². The molecule has 1 aliphatic rings. The van der Waals surface area contributed by atoms with Crippen molar-refractivity contribution in [3.63, 3.8) is 0 Å². The Morgan fingerprint density at radius 1 is 0.562 bits per heavy atom. The van der Waals surface area contributed by atoms with E-state index in [4.69, 9.17) is 29.4 Å². The van der Waals surface area contributed by atoms with E-state index >= 15 is 0 Å². The van der Waals surface area contributed by atoms with Crippen LogP contribution in [0.3, 0.4) is 0 Å². The Balaban J connectivity index is 1.43. The maximum Gasteiger partial charge on any atom is 0.139 e. The first-order valence-electron chi connectivity index (χ1n) is 24.2. The molecule has 8 aromatic rings. The first-order valence-corrected chi connectivity index (χ1v) is 16.8. The molecule has 1 nitrogen and oxygen atoms in total. The van der Waals surface area contributed by atoms with Crippen LogP contribution < -0.4 is 4.74 Å². The molecule has 3 heteroatoms. The van der Waals surface area contributed by atoms with Crippen LogP contribution in [0, 0.1) is 27.4 Å². The second kappa shape index (κ2) is 10.7. The minimum absolute atomic E-state index is 0.161. The van der Waals surface area contributed by atoms with E-state index in [9.17, 15) is 0 Å². The summed E-state index contributed by atoms with van der Waals surface area (Å²) in [6, 6.07) is 27.3. The lowest BCUT2D eigenvalue weighted by molar-refractivity contribution is 0.419. The number of fused-ring (bicyclic) bond motifs is 7. The van der Waals surface area contributed by atoms with E-state index < -0.39 is 74.5 Å².